The van der Waals surface area contributed by atoms with E-state index in [1.807, 2.05) is 62.6 Å². The van der Waals surface area contributed by atoms with Crippen LogP contribution in [0.3, 0.4) is 0 Å². The maximum Gasteiger partial charge on any atom is 0.325 e. The van der Waals surface area contributed by atoms with Crippen molar-refractivity contribution in [1.82, 2.24) is 14.8 Å². The van der Waals surface area contributed by atoms with Gasteiger partial charge in [-0.2, -0.15) is 0 Å². The summed E-state index contributed by atoms with van der Waals surface area (Å²) in [5.41, 5.74) is 6.40. The van der Waals surface area contributed by atoms with Gasteiger partial charge >= 0.3 is 6.03 Å². The fraction of sp³-hybridized carbons (Fsp3) is 0.296. The van der Waals surface area contributed by atoms with Crippen molar-refractivity contribution >= 4 is 17.7 Å². The van der Waals surface area contributed by atoms with Gasteiger partial charge in [0.1, 0.15) is 5.54 Å². The molecule has 1 aliphatic heterocycles. The van der Waals surface area contributed by atoms with Gasteiger partial charge in [-0.25, -0.2) is 4.79 Å². The van der Waals surface area contributed by atoms with Crippen LogP contribution in [0.1, 0.15) is 50.4 Å². The van der Waals surface area contributed by atoms with Gasteiger partial charge in [-0.1, -0.05) is 30.3 Å². The van der Waals surface area contributed by atoms with Crippen LogP contribution < -0.4 is 5.32 Å². The van der Waals surface area contributed by atoms with E-state index in [9.17, 15) is 14.4 Å². The van der Waals surface area contributed by atoms with E-state index in [2.05, 4.69) is 23.5 Å². The molecule has 3 aromatic rings. The minimum atomic E-state index is -1.05. The van der Waals surface area contributed by atoms with Crippen LogP contribution in [0.5, 0.6) is 0 Å². The highest BCUT2D eigenvalue weighted by atomic mass is 16.2. The molecule has 168 valence electrons. The lowest BCUT2D eigenvalue weighted by molar-refractivity contribution is -0.131. The normalized spacial score (nSPS) is 19.3. The van der Waals surface area contributed by atoms with E-state index in [0.29, 0.717) is 12.0 Å². The Hall–Kier alpha value is -3.67. The average Bonchev–Trinajstić information content (AvgIpc) is 3.36. The Morgan fingerprint density at radius 2 is 1.70 bits per heavy atom. The highest BCUT2D eigenvalue weighted by Crippen LogP contribution is 2.41. The van der Waals surface area contributed by atoms with Crippen LogP contribution in [0, 0.1) is 27.7 Å². The van der Waals surface area contributed by atoms with Crippen molar-refractivity contribution in [3.63, 3.8) is 0 Å². The van der Waals surface area contributed by atoms with Gasteiger partial charge < -0.3 is 9.88 Å². The van der Waals surface area contributed by atoms with Gasteiger partial charge in [0.25, 0.3) is 5.91 Å². The number of rotatable bonds is 4. The minimum Gasteiger partial charge on any atom is -0.319 e. The van der Waals surface area contributed by atoms with Crippen molar-refractivity contribution in [3.05, 3.63) is 87.7 Å². The lowest BCUT2D eigenvalue weighted by Crippen LogP contribution is -2.42. The molecule has 0 bridgehead atoms. The van der Waals surface area contributed by atoms with Gasteiger partial charge in [-0.15, -0.1) is 0 Å². The number of aromatic nitrogens is 1. The topological polar surface area (TPSA) is 71.4 Å². The van der Waals surface area contributed by atoms with Gasteiger partial charge in [-0.3, -0.25) is 14.5 Å². The summed E-state index contributed by atoms with van der Waals surface area (Å²) in [4.78, 5) is 40.6. The van der Waals surface area contributed by atoms with E-state index >= 15 is 0 Å². The smallest absolute Gasteiger partial charge is 0.319 e. The molecule has 6 heteroatoms. The Kier molecular flexibility index (Phi) is 4.78. The highest BCUT2D eigenvalue weighted by molar-refractivity contribution is 6.12. The van der Waals surface area contributed by atoms with Crippen LogP contribution in [-0.2, 0) is 16.8 Å². The first-order valence-electron chi connectivity index (χ1n) is 11.2. The van der Waals surface area contributed by atoms with Crippen LogP contribution >= 0.6 is 0 Å². The molecule has 1 spiro atoms. The van der Waals surface area contributed by atoms with Crippen molar-refractivity contribution < 1.29 is 14.4 Å². The Morgan fingerprint density at radius 1 is 1.00 bits per heavy atom. The van der Waals surface area contributed by atoms with Crippen LogP contribution in [0.4, 0.5) is 4.79 Å². The Labute approximate surface area is 193 Å². The second-order valence-electron chi connectivity index (χ2n) is 9.27. The van der Waals surface area contributed by atoms with Crippen LogP contribution in [0.25, 0.3) is 5.69 Å². The maximum atomic E-state index is 13.4. The molecule has 1 fully saturated rings. The highest BCUT2D eigenvalue weighted by Gasteiger charge is 2.55. The first-order valence-corrected chi connectivity index (χ1v) is 11.2. The molecule has 1 saturated heterocycles. The first-order chi connectivity index (χ1) is 15.7. The number of fused-ring (bicyclic) bond motifs is 2. The summed E-state index contributed by atoms with van der Waals surface area (Å²) in [6, 6.07) is 15.3. The standard InChI is InChI=1S/C27H27N3O3/c1-16-11-17(2)13-21(12-16)30-18(3)14-22(19(30)4)24(31)15-29-25(32)27(28-26(29)33)10-9-20-7-5-6-8-23(20)27/h5-8,11-14H,9-10,15H2,1-4H3,(H,28,33)/t27-/m0/s1. The predicted octanol–water partition coefficient (Wildman–Crippen LogP) is 4.29. The van der Waals surface area contributed by atoms with Gasteiger partial charge in [0.2, 0.25) is 0 Å². The van der Waals surface area contributed by atoms with Gasteiger partial charge in [0, 0.05) is 22.6 Å². The molecule has 6 nitrogen and oxygen atoms in total. The Balaban J connectivity index is 1.44. The number of carbonyl (C=O) groups excluding carboxylic acids is 3. The van der Waals surface area contributed by atoms with Crippen LogP contribution in [0.15, 0.2) is 48.5 Å². The van der Waals surface area contributed by atoms with E-state index < -0.39 is 11.6 Å². The lowest BCUT2D eigenvalue weighted by atomic mass is 9.92. The number of aryl methyl sites for hydroxylation is 4. The third-order valence-electron chi connectivity index (χ3n) is 6.92. The zero-order valence-electron chi connectivity index (χ0n) is 19.4. The molecule has 0 radical (unpaired) electrons. The summed E-state index contributed by atoms with van der Waals surface area (Å²) in [6.07, 6.45) is 1.24. The number of nitrogens with zero attached hydrogens (tertiary/aromatic N) is 2. The molecule has 1 aliphatic carbocycles. The number of carbonyl (C=O) groups is 3. The van der Waals surface area contributed by atoms with Gasteiger partial charge in [-0.05, 0) is 81.0 Å². The number of benzene rings is 2. The van der Waals surface area contributed by atoms with E-state index in [-0.39, 0.29) is 18.2 Å². The molecule has 1 N–H and O–H groups in total. The van der Waals surface area contributed by atoms with Crippen molar-refractivity contribution in [2.75, 3.05) is 6.54 Å². The molecule has 1 atom stereocenters. The number of hydrogen-bond acceptors (Lipinski definition) is 3. The summed E-state index contributed by atoms with van der Waals surface area (Å²) in [6.45, 7) is 7.68. The number of urea groups is 1. The van der Waals surface area contributed by atoms with Gasteiger partial charge in [0.05, 0.1) is 6.54 Å². The summed E-state index contributed by atoms with van der Waals surface area (Å²) in [7, 11) is 0. The second-order valence-corrected chi connectivity index (χ2v) is 9.27. The number of Topliss-reactive ketones (excluding diaryl/α,β-unsaturated/α-hetero) is 1. The van der Waals surface area contributed by atoms with Crippen LogP contribution in [0.2, 0.25) is 0 Å². The van der Waals surface area contributed by atoms with E-state index in [0.717, 1.165) is 50.6 Å². The second kappa shape index (κ2) is 7.44. The molecule has 0 unspecified atom stereocenters. The first kappa shape index (κ1) is 21.2. The van der Waals surface area contributed by atoms with Crippen molar-refractivity contribution in [3.8, 4) is 5.69 Å². The molecule has 3 amide bonds. The fourth-order valence-corrected chi connectivity index (χ4v) is 5.48. The van der Waals surface area contributed by atoms with Crippen molar-refractivity contribution in [2.24, 2.45) is 0 Å². The third-order valence-corrected chi connectivity index (χ3v) is 6.92. The fourth-order valence-electron chi connectivity index (χ4n) is 5.48. The minimum absolute atomic E-state index is 0.245. The third kappa shape index (κ3) is 3.20. The summed E-state index contributed by atoms with van der Waals surface area (Å²) >= 11 is 0. The lowest BCUT2D eigenvalue weighted by Gasteiger charge is -2.22. The molecule has 2 aliphatic rings. The maximum absolute atomic E-state index is 13.4. The quantitative estimate of drug-likeness (QED) is 0.485. The summed E-state index contributed by atoms with van der Waals surface area (Å²) in [5, 5.41) is 2.89. The predicted molar refractivity (Wildman–Crippen MR) is 126 cm³/mol. The molecule has 33 heavy (non-hydrogen) atoms. The largest absolute Gasteiger partial charge is 0.325 e. The number of amides is 3. The van der Waals surface area contributed by atoms with Crippen LogP contribution in [-0.4, -0.2) is 33.7 Å². The summed E-state index contributed by atoms with van der Waals surface area (Å²) < 4.78 is 2.05. The molecular formula is C27H27N3O3. The van der Waals surface area contributed by atoms with Crippen molar-refractivity contribution in [1.29, 1.82) is 0 Å². The average molecular weight is 442 g/mol. The zero-order valence-corrected chi connectivity index (χ0v) is 19.4. The molecule has 2 aromatic carbocycles. The monoisotopic (exact) mass is 441 g/mol. The number of hydrogen-bond donors (Lipinski definition) is 1. The molecule has 0 saturated carbocycles. The molecule has 2 heterocycles. The molecule has 5 rings (SSSR count). The SMILES string of the molecule is Cc1cc(C)cc(-n2c(C)cc(C(=O)CN3C(=O)N[C@]4(CCc5ccccc54)C3=O)c2C)c1. The van der Waals surface area contributed by atoms with Gasteiger partial charge in [0.15, 0.2) is 5.78 Å². The number of imide groups is 1. The van der Waals surface area contributed by atoms with E-state index in [1.54, 1.807) is 0 Å². The molecule has 1 aromatic heterocycles. The van der Waals surface area contributed by atoms with Crippen molar-refractivity contribution in [2.45, 2.75) is 46.1 Å². The number of ketones is 1. The zero-order chi connectivity index (χ0) is 23.5. The van der Waals surface area contributed by atoms with E-state index in [1.165, 1.54) is 0 Å². The Morgan fingerprint density at radius 3 is 2.42 bits per heavy atom. The Bertz CT molecular complexity index is 1320. The summed E-state index contributed by atoms with van der Waals surface area (Å²) in [5.74, 6) is -0.584. The van der Waals surface area contributed by atoms with E-state index in [4.69, 9.17) is 0 Å². The number of nitrogens with one attached hydrogen (secondary N) is 1. The molecular weight excluding hydrogens is 414 g/mol.